The van der Waals surface area contributed by atoms with E-state index in [-0.39, 0.29) is 35.9 Å². The van der Waals surface area contributed by atoms with Crippen LogP contribution in [0.25, 0.3) is 0 Å². The van der Waals surface area contributed by atoms with E-state index in [0.29, 0.717) is 12.8 Å². The van der Waals surface area contributed by atoms with Gasteiger partial charge in [0.2, 0.25) is 15.9 Å². The van der Waals surface area contributed by atoms with E-state index in [0.717, 1.165) is 31.9 Å². The molecule has 7 heteroatoms. The van der Waals surface area contributed by atoms with Gasteiger partial charge in [-0.05, 0) is 45.2 Å². The summed E-state index contributed by atoms with van der Waals surface area (Å²) in [6.45, 7) is 7.40. The summed E-state index contributed by atoms with van der Waals surface area (Å²) in [6.07, 6.45) is 4.14. The van der Waals surface area contributed by atoms with Gasteiger partial charge in [0.15, 0.2) is 0 Å². The average molecular weight is 399 g/mol. The Labute approximate surface area is 162 Å². The maximum Gasteiger partial charge on any atom is 0.245 e. The molecule has 0 atom stereocenters. The van der Waals surface area contributed by atoms with Crippen molar-refractivity contribution in [3.63, 3.8) is 0 Å². The summed E-state index contributed by atoms with van der Waals surface area (Å²) in [5.41, 5.74) is 0. The molecular formula is C20H31FN2O3S. The Morgan fingerprint density at radius 1 is 1.22 bits per heavy atom. The third-order valence-corrected chi connectivity index (χ3v) is 7.10. The summed E-state index contributed by atoms with van der Waals surface area (Å²) >= 11 is 0. The molecule has 0 aromatic heterocycles. The second kappa shape index (κ2) is 9.64. The van der Waals surface area contributed by atoms with Crippen molar-refractivity contribution < 1.29 is 17.6 Å². The molecule has 1 amide bonds. The highest BCUT2D eigenvalue weighted by Gasteiger charge is 2.35. The van der Waals surface area contributed by atoms with Crippen molar-refractivity contribution in [1.82, 2.24) is 9.21 Å². The van der Waals surface area contributed by atoms with Crippen LogP contribution in [0.3, 0.4) is 0 Å². The van der Waals surface area contributed by atoms with Crippen LogP contribution in [0.4, 0.5) is 4.39 Å². The number of nitrogens with zero attached hydrogens (tertiary/aromatic N) is 2. The molecule has 0 unspecified atom stereocenters. The van der Waals surface area contributed by atoms with Gasteiger partial charge in [-0.15, -0.1) is 0 Å². The molecule has 2 rings (SSSR count). The minimum atomic E-state index is -3.86. The van der Waals surface area contributed by atoms with Crippen molar-refractivity contribution in [3.8, 4) is 0 Å². The Hall–Kier alpha value is -1.47. The van der Waals surface area contributed by atoms with Gasteiger partial charge in [0, 0.05) is 31.6 Å². The molecule has 1 fully saturated rings. The molecule has 1 saturated heterocycles. The van der Waals surface area contributed by atoms with E-state index < -0.39 is 15.8 Å². The molecular weight excluding hydrogens is 367 g/mol. The molecule has 0 saturated carbocycles. The minimum absolute atomic E-state index is 0.115. The average Bonchev–Trinajstić information content (AvgIpc) is 2.65. The highest BCUT2D eigenvalue weighted by atomic mass is 32.2. The van der Waals surface area contributed by atoms with E-state index in [4.69, 9.17) is 0 Å². The standard InChI is InChI=1S/C20H31FN2O3S/c1-4-5-8-13-23(16(2)3)20(24)17-11-14-22(15-12-17)27(25,26)19-10-7-6-9-18(19)21/h6-7,9-10,16-17H,4-5,8,11-15H2,1-3H3. The predicted octanol–water partition coefficient (Wildman–Crippen LogP) is 3.65. The molecule has 1 aromatic carbocycles. The lowest BCUT2D eigenvalue weighted by atomic mass is 9.96. The molecule has 27 heavy (non-hydrogen) atoms. The van der Waals surface area contributed by atoms with Crippen LogP contribution in [-0.2, 0) is 14.8 Å². The zero-order chi connectivity index (χ0) is 20.0. The Kier molecular flexibility index (Phi) is 7.79. The van der Waals surface area contributed by atoms with Crippen LogP contribution in [0, 0.1) is 11.7 Å². The lowest BCUT2D eigenvalue weighted by Crippen LogP contribution is -2.46. The van der Waals surface area contributed by atoms with E-state index in [1.165, 1.54) is 22.5 Å². The van der Waals surface area contributed by atoms with Crippen molar-refractivity contribution in [1.29, 1.82) is 0 Å². The van der Waals surface area contributed by atoms with Crippen LogP contribution >= 0.6 is 0 Å². The topological polar surface area (TPSA) is 57.7 Å². The second-order valence-electron chi connectivity index (χ2n) is 7.44. The first-order chi connectivity index (χ1) is 12.8. The van der Waals surface area contributed by atoms with E-state index in [1.807, 2.05) is 18.7 Å². The predicted molar refractivity (Wildman–Crippen MR) is 104 cm³/mol. The molecule has 1 aliphatic rings. The van der Waals surface area contributed by atoms with Crippen LogP contribution in [0.1, 0.15) is 52.9 Å². The van der Waals surface area contributed by atoms with Crippen molar-refractivity contribution >= 4 is 15.9 Å². The Bertz CT molecular complexity index is 728. The number of piperidine rings is 1. The van der Waals surface area contributed by atoms with Crippen LogP contribution in [0.2, 0.25) is 0 Å². The lowest BCUT2D eigenvalue weighted by molar-refractivity contribution is -0.138. The van der Waals surface area contributed by atoms with Gasteiger partial charge in [0.05, 0.1) is 0 Å². The monoisotopic (exact) mass is 398 g/mol. The first-order valence-electron chi connectivity index (χ1n) is 9.84. The van der Waals surface area contributed by atoms with Crippen LogP contribution in [0.15, 0.2) is 29.2 Å². The van der Waals surface area contributed by atoms with Crippen molar-refractivity contribution in [2.45, 2.75) is 63.8 Å². The van der Waals surface area contributed by atoms with Crippen LogP contribution in [0.5, 0.6) is 0 Å². The van der Waals surface area contributed by atoms with Crippen molar-refractivity contribution in [2.24, 2.45) is 5.92 Å². The van der Waals surface area contributed by atoms with Gasteiger partial charge in [0.25, 0.3) is 0 Å². The molecule has 0 N–H and O–H groups in total. The summed E-state index contributed by atoms with van der Waals surface area (Å²) in [4.78, 5) is 14.5. The van der Waals surface area contributed by atoms with Gasteiger partial charge in [-0.3, -0.25) is 4.79 Å². The molecule has 152 valence electrons. The van der Waals surface area contributed by atoms with Gasteiger partial charge in [-0.25, -0.2) is 12.8 Å². The number of unbranched alkanes of at least 4 members (excludes halogenated alkanes) is 2. The lowest BCUT2D eigenvalue weighted by Gasteiger charge is -2.35. The van der Waals surface area contributed by atoms with Crippen molar-refractivity contribution in [2.75, 3.05) is 19.6 Å². The van der Waals surface area contributed by atoms with Crippen LogP contribution < -0.4 is 0 Å². The van der Waals surface area contributed by atoms with E-state index >= 15 is 0 Å². The largest absolute Gasteiger partial charge is 0.340 e. The summed E-state index contributed by atoms with van der Waals surface area (Å²) in [5, 5.41) is 0. The summed E-state index contributed by atoms with van der Waals surface area (Å²) in [5.74, 6) is -0.789. The van der Waals surface area contributed by atoms with E-state index in [2.05, 4.69) is 6.92 Å². The van der Waals surface area contributed by atoms with Gasteiger partial charge < -0.3 is 4.90 Å². The van der Waals surface area contributed by atoms with Crippen LogP contribution in [-0.4, -0.2) is 49.2 Å². The van der Waals surface area contributed by atoms with E-state index in [1.54, 1.807) is 0 Å². The van der Waals surface area contributed by atoms with E-state index in [9.17, 15) is 17.6 Å². The molecule has 1 aromatic rings. The Morgan fingerprint density at radius 2 is 1.85 bits per heavy atom. The number of halogens is 1. The summed E-state index contributed by atoms with van der Waals surface area (Å²) in [6, 6.07) is 5.56. The molecule has 1 heterocycles. The van der Waals surface area contributed by atoms with Gasteiger partial charge in [-0.2, -0.15) is 4.31 Å². The summed E-state index contributed by atoms with van der Waals surface area (Å²) in [7, 11) is -3.86. The molecule has 0 aliphatic carbocycles. The molecule has 0 spiro atoms. The number of amides is 1. The quantitative estimate of drug-likeness (QED) is 0.628. The van der Waals surface area contributed by atoms with Gasteiger partial charge in [-0.1, -0.05) is 31.9 Å². The SMILES string of the molecule is CCCCCN(C(=O)C1CCN(S(=O)(=O)c2ccccc2F)CC1)C(C)C. The normalized spacial score (nSPS) is 16.6. The Balaban J connectivity index is 2.01. The van der Waals surface area contributed by atoms with Gasteiger partial charge >= 0.3 is 0 Å². The number of hydrogen-bond acceptors (Lipinski definition) is 3. The number of hydrogen-bond donors (Lipinski definition) is 0. The zero-order valence-corrected chi connectivity index (χ0v) is 17.3. The fourth-order valence-electron chi connectivity index (χ4n) is 3.53. The second-order valence-corrected chi connectivity index (χ2v) is 9.35. The number of carbonyl (C=O) groups excluding carboxylic acids is 1. The third kappa shape index (κ3) is 5.29. The maximum atomic E-state index is 13.9. The highest BCUT2D eigenvalue weighted by molar-refractivity contribution is 7.89. The molecule has 5 nitrogen and oxygen atoms in total. The zero-order valence-electron chi connectivity index (χ0n) is 16.5. The third-order valence-electron chi connectivity index (χ3n) is 5.17. The number of benzene rings is 1. The summed E-state index contributed by atoms with van der Waals surface area (Å²) < 4.78 is 40.6. The van der Waals surface area contributed by atoms with Crippen molar-refractivity contribution in [3.05, 3.63) is 30.1 Å². The maximum absolute atomic E-state index is 13.9. The minimum Gasteiger partial charge on any atom is -0.340 e. The number of carbonyl (C=O) groups is 1. The number of rotatable bonds is 8. The smallest absolute Gasteiger partial charge is 0.245 e. The molecule has 1 aliphatic heterocycles. The van der Waals surface area contributed by atoms with Gasteiger partial charge in [0.1, 0.15) is 10.7 Å². The first-order valence-corrected chi connectivity index (χ1v) is 11.3. The fraction of sp³-hybridized carbons (Fsp3) is 0.650. The first kappa shape index (κ1) is 21.8. The highest BCUT2D eigenvalue weighted by Crippen LogP contribution is 2.27. The fourth-order valence-corrected chi connectivity index (χ4v) is 5.06. The molecule has 0 radical (unpaired) electrons. The number of sulfonamides is 1. The Morgan fingerprint density at radius 3 is 2.41 bits per heavy atom. The molecule has 0 bridgehead atoms.